The standard InChI is InChI=1S/C20H37O7.Y/c1-6-15-11(3)18(21)13(12(4)26-15)9-25-10-17-20(23)19(22)14(8-24-5)16(7-2)27-17;/h11-23H,4,6-10H2,1-3,5H3;/q-1;/t11?,12-,13+,14+,15-,16?,17-,18?,19+,20?;/m0./s1. The molecule has 0 aromatic heterocycles. The van der Waals surface area contributed by atoms with Crippen LogP contribution in [0.25, 0.3) is 0 Å². The topological polar surface area (TPSA) is 97.6 Å². The van der Waals surface area contributed by atoms with Gasteiger partial charge in [-0.3, -0.25) is 0 Å². The van der Waals surface area contributed by atoms with E-state index in [0.29, 0.717) is 13.0 Å². The first-order valence-corrected chi connectivity index (χ1v) is 10.1. The zero-order valence-electron chi connectivity index (χ0n) is 17.6. The molecule has 8 heteroatoms. The van der Waals surface area contributed by atoms with Crippen LogP contribution in [-0.4, -0.2) is 85.0 Å². The molecule has 0 amide bonds. The van der Waals surface area contributed by atoms with Gasteiger partial charge in [-0.2, -0.15) is 0 Å². The van der Waals surface area contributed by atoms with Crippen LogP contribution in [0.15, 0.2) is 0 Å². The second kappa shape index (κ2) is 12.6. The van der Waals surface area contributed by atoms with Gasteiger partial charge in [0.05, 0.1) is 44.2 Å². The molecule has 0 aliphatic carbocycles. The van der Waals surface area contributed by atoms with Crippen molar-refractivity contribution in [1.82, 2.24) is 0 Å². The Labute approximate surface area is 194 Å². The molecule has 0 saturated carbocycles. The average molecular weight is 478 g/mol. The Hall–Kier alpha value is 0.824. The van der Waals surface area contributed by atoms with E-state index in [1.165, 1.54) is 0 Å². The fraction of sp³-hybridized carbons (Fsp3) is 0.950. The van der Waals surface area contributed by atoms with Gasteiger partial charge >= 0.3 is 0 Å². The summed E-state index contributed by atoms with van der Waals surface area (Å²) in [4.78, 5) is 0. The van der Waals surface area contributed by atoms with E-state index in [-0.39, 0.29) is 82.0 Å². The summed E-state index contributed by atoms with van der Waals surface area (Å²) in [6.45, 7) is 10.7. The van der Waals surface area contributed by atoms with Gasteiger partial charge in [-0.1, -0.05) is 26.9 Å². The average Bonchev–Trinajstić information content (AvgIpc) is 2.66. The summed E-state index contributed by atoms with van der Waals surface area (Å²) in [7, 11) is 1.57. The van der Waals surface area contributed by atoms with Gasteiger partial charge in [-0.25, -0.2) is 0 Å². The number of hydrogen-bond donors (Lipinski definition) is 3. The second-order valence-electron chi connectivity index (χ2n) is 7.89. The normalized spacial score (nSPS) is 44.1. The third-order valence-corrected chi connectivity index (χ3v) is 6.14. The van der Waals surface area contributed by atoms with E-state index in [1.54, 1.807) is 7.11 Å². The van der Waals surface area contributed by atoms with Crippen LogP contribution in [0.3, 0.4) is 0 Å². The van der Waals surface area contributed by atoms with Gasteiger partial charge in [0, 0.05) is 57.6 Å². The van der Waals surface area contributed by atoms with Crippen LogP contribution >= 0.6 is 0 Å². The van der Waals surface area contributed by atoms with Gasteiger partial charge in [0.2, 0.25) is 0 Å². The smallest absolute Gasteiger partial charge is 0.110 e. The maximum Gasteiger partial charge on any atom is 0.110 e. The number of aliphatic hydroxyl groups is 3. The van der Waals surface area contributed by atoms with E-state index < -0.39 is 24.4 Å². The summed E-state index contributed by atoms with van der Waals surface area (Å²) in [6.07, 6.45) is -2.15. The first-order chi connectivity index (χ1) is 12.8. The molecule has 2 saturated heterocycles. The van der Waals surface area contributed by atoms with E-state index in [2.05, 4.69) is 6.92 Å². The van der Waals surface area contributed by atoms with Gasteiger partial charge in [0.1, 0.15) is 12.2 Å². The Kier molecular flexibility index (Phi) is 12.1. The number of methoxy groups -OCH3 is 1. The number of ether oxygens (including phenoxy) is 4. The first kappa shape index (κ1) is 26.9. The molecule has 0 aromatic rings. The predicted octanol–water partition coefficient (Wildman–Crippen LogP) is 0.787. The van der Waals surface area contributed by atoms with E-state index >= 15 is 0 Å². The monoisotopic (exact) mass is 478 g/mol. The van der Waals surface area contributed by atoms with Crippen molar-refractivity contribution in [2.45, 2.75) is 76.3 Å². The summed E-state index contributed by atoms with van der Waals surface area (Å²) < 4.78 is 22.8. The van der Waals surface area contributed by atoms with Crippen LogP contribution in [0.5, 0.6) is 0 Å². The number of hydrogen-bond acceptors (Lipinski definition) is 7. The minimum absolute atomic E-state index is 0. The van der Waals surface area contributed by atoms with Gasteiger partial charge in [-0.15, -0.1) is 0 Å². The van der Waals surface area contributed by atoms with Crippen molar-refractivity contribution in [2.75, 3.05) is 26.9 Å². The molecular formula is C20H37O7Y-. The minimum Gasteiger partial charge on any atom is -0.406 e. The molecular weight excluding hydrogens is 441 g/mol. The van der Waals surface area contributed by atoms with E-state index in [9.17, 15) is 15.3 Å². The second-order valence-corrected chi connectivity index (χ2v) is 7.89. The van der Waals surface area contributed by atoms with Gasteiger partial charge in [0.15, 0.2) is 0 Å². The van der Waals surface area contributed by atoms with Gasteiger partial charge in [-0.05, 0) is 12.8 Å². The summed E-state index contributed by atoms with van der Waals surface area (Å²) in [5.41, 5.74) is 0. The van der Waals surface area contributed by atoms with Crippen LogP contribution in [0.2, 0.25) is 0 Å². The Bertz CT molecular complexity index is 439. The fourth-order valence-electron chi connectivity index (χ4n) is 4.31. The zero-order chi connectivity index (χ0) is 20.1. The van der Waals surface area contributed by atoms with E-state index in [4.69, 9.17) is 18.9 Å². The van der Waals surface area contributed by atoms with Crippen molar-refractivity contribution in [3.63, 3.8) is 0 Å². The molecule has 2 heterocycles. The maximum absolute atomic E-state index is 10.6. The third kappa shape index (κ3) is 6.17. The molecule has 2 aliphatic heterocycles. The Morgan fingerprint density at radius 3 is 2.04 bits per heavy atom. The van der Waals surface area contributed by atoms with Crippen LogP contribution in [0.1, 0.15) is 33.6 Å². The minimum atomic E-state index is -1.04. The molecule has 0 bridgehead atoms. The predicted molar refractivity (Wildman–Crippen MR) is 100 cm³/mol. The molecule has 7 nitrogen and oxygen atoms in total. The Balaban J connectivity index is 0.00000392. The zero-order valence-corrected chi connectivity index (χ0v) is 20.4. The van der Waals surface area contributed by atoms with Crippen molar-refractivity contribution >= 4 is 0 Å². The fourth-order valence-corrected chi connectivity index (χ4v) is 4.31. The SMILES string of the molecule is [CH2-][C@@H]1O[C@@H](CC)C(C)C(O)[C@@H]1COC[C@@H]1OC(CC)[C@@H](COC)[C@@H](O)C1O.[Y]. The van der Waals surface area contributed by atoms with Crippen LogP contribution in [-0.2, 0) is 51.7 Å². The van der Waals surface area contributed by atoms with Crippen molar-refractivity contribution in [2.24, 2.45) is 17.8 Å². The van der Waals surface area contributed by atoms with Gasteiger partial charge in [0.25, 0.3) is 0 Å². The number of rotatable bonds is 8. The first-order valence-electron chi connectivity index (χ1n) is 10.1. The van der Waals surface area contributed by atoms with Gasteiger partial charge < -0.3 is 41.2 Å². The van der Waals surface area contributed by atoms with Crippen molar-refractivity contribution < 1.29 is 67.0 Å². The molecule has 2 aliphatic rings. The van der Waals surface area contributed by atoms with Crippen LogP contribution in [0.4, 0.5) is 0 Å². The van der Waals surface area contributed by atoms with Crippen molar-refractivity contribution in [3.05, 3.63) is 6.92 Å². The molecule has 10 atom stereocenters. The summed E-state index contributed by atoms with van der Waals surface area (Å²) in [5.74, 6) is -0.494. The quantitative estimate of drug-likeness (QED) is 0.444. The molecule has 0 aromatic carbocycles. The summed E-state index contributed by atoms with van der Waals surface area (Å²) in [6, 6.07) is 0. The van der Waals surface area contributed by atoms with E-state index in [1.807, 2.05) is 20.8 Å². The molecule has 28 heavy (non-hydrogen) atoms. The number of aliphatic hydroxyl groups excluding tert-OH is 3. The Morgan fingerprint density at radius 1 is 0.821 bits per heavy atom. The van der Waals surface area contributed by atoms with E-state index in [0.717, 1.165) is 6.42 Å². The third-order valence-electron chi connectivity index (χ3n) is 6.14. The summed E-state index contributed by atoms with van der Waals surface area (Å²) >= 11 is 0. The molecule has 4 unspecified atom stereocenters. The van der Waals surface area contributed by atoms with Crippen molar-refractivity contribution in [3.8, 4) is 0 Å². The van der Waals surface area contributed by atoms with Crippen LogP contribution < -0.4 is 0 Å². The molecule has 2 rings (SSSR count). The molecule has 1 radical (unpaired) electrons. The molecule has 0 spiro atoms. The Morgan fingerprint density at radius 2 is 1.46 bits per heavy atom. The molecule has 163 valence electrons. The van der Waals surface area contributed by atoms with Crippen LogP contribution in [0, 0.1) is 24.7 Å². The summed E-state index contributed by atoms with van der Waals surface area (Å²) in [5, 5.41) is 31.4. The van der Waals surface area contributed by atoms with Crippen molar-refractivity contribution in [1.29, 1.82) is 0 Å². The molecule has 3 N–H and O–H groups in total. The molecule has 2 fully saturated rings. The maximum atomic E-state index is 10.6. The largest absolute Gasteiger partial charge is 0.406 e.